The predicted octanol–water partition coefficient (Wildman–Crippen LogP) is 1.42. The number of imidazole rings is 1. The standard InChI is InChI=1S/C15H23N3O2/c1-2-17(10-6-12-19)9-5-11-18-14-8-4-3-7-13(14)16-15(18)20/h3-4,7-8,19H,2,5-6,9-12H2,1H3,(H,16,20). The van der Waals surface area contributed by atoms with Crippen molar-refractivity contribution in [2.75, 3.05) is 26.2 Å². The molecule has 0 bridgehead atoms. The SMILES string of the molecule is CCN(CCCO)CCCn1c(=O)[nH]c2ccccc21. The topological polar surface area (TPSA) is 61.3 Å². The summed E-state index contributed by atoms with van der Waals surface area (Å²) in [6, 6.07) is 7.77. The molecule has 0 aliphatic carbocycles. The number of aliphatic hydroxyl groups is 1. The number of aliphatic hydroxyl groups excluding tert-OH is 1. The van der Waals surface area contributed by atoms with Crippen molar-refractivity contribution in [1.29, 1.82) is 0 Å². The van der Waals surface area contributed by atoms with Crippen molar-refractivity contribution in [1.82, 2.24) is 14.5 Å². The van der Waals surface area contributed by atoms with E-state index in [2.05, 4.69) is 16.8 Å². The number of hydrogen-bond acceptors (Lipinski definition) is 3. The van der Waals surface area contributed by atoms with Crippen LogP contribution in [0.5, 0.6) is 0 Å². The molecule has 1 aromatic carbocycles. The summed E-state index contributed by atoms with van der Waals surface area (Å²) in [7, 11) is 0. The first-order valence-corrected chi connectivity index (χ1v) is 7.27. The molecule has 0 atom stereocenters. The molecule has 2 rings (SSSR count). The van der Waals surface area contributed by atoms with E-state index in [1.165, 1.54) is 0 Å². The molecule has 5 heteroatoms. The number of nitrogens with one attached hydrogen (secondary N) is 1. The zero-order valence-electron chi connectivity index (χ0n) is 12.0. The second kappa shape index (κ2) is 7.26. The number of H-pyrrole nitrogens is 1. The van der Waals surface area contributed by atoms with Crippen LogP contribution in [0.25, 0.3) is 11.0 Å². The summed E-state index contributed by atoms with van der Waals surface area (Å²) in [5, 5.41) is 8.86. The first-order chi connectivity index (χ1) is 9.76. The fourth-order valence-electron chi connectivity index (χ4n) is 2.50. The Labute approximate surface area is 118 Å². The number of aromatic amines is 1. The highest BCUT2D eigenvalue weighted by Gasteiger charge is 2.06. The summed E-state index contributed by atoms with van der Waals surface area (Å²) >= 11 is 0. The number of aromatic nitrogens is 2. The molecule has 0 aliphatic rings. The smallest absolute Gasteiger partial charge is 0.326 e. The lowest BCUT2D eigenvalue weighted by molar-refractivity contribution is 0.226. The Morgan fingerprint density at radius 1 is 1.25 bits per heavy atom. The van der Waals surface area contributed by atoms with E-state index in [9.17, 15) is 4.79 Å². The molecule has 1 aromatic heterocycles. The Morgan fingerprint density at radius 2 is 2.00 bits per heavy atom. The molecule has 2 N–H and O–H groups in total. The molecule has 5 nitrogen and oxygen atoms in total. The van der Waals surface area contributed by atoms with Crippen molar-refractivity contribution in [3.63, 3.8) is 0 Å². The first kappa shape index (κ1) is 14.8. The van der Waals surface area contributed by atoms with Crippen LogP contribution in [0.2, 0.25) is 0 Å². The highest BCUT2D eigenvalue weighted by molar-refractivity contribution is 5.74. The maximum absolute atomic E-state index is 11.9. The van der Waals surface area contributed by atoms with Gasteiger partial charge in [-0.25, -0.2) is 4.79 Å². The third-order valence-corrected chi connectivity index (χ3v) is 3.62. The largest absolute Gasteiger partial charge is 0.396 e. The minimum Gasteiger partial charge on any atom is -0.396 e. The highest BCUT2D eigenvalue weighted by atomic mass is 16.3. The van der Waals surface area contributed by atoms with Crippen molar-refractivity contribution in [2.45, 2.75) is 26.3 Å². The molecule has 0 fully saturated rings. The van der Waals surface area contributed by atoms with Gasteiger partial charge in [0.1, 0.15) is 0 Å². The molecule has 2 aromatic rings. The van der Waals surface area contributed by atoms with Gasteiger partial charge in [-0.2, -0.15) is 0 Å². The molecule has 0 radical (unpaired) electrons. The van der Waals surface area contributed by atoms with Crippen LogP contribution in [-0.2, 0) is 6.54 Å². The van der Waals surface area contributed by atoms with E-state index in [0.717, 1.165) is 50.1 Å². The number of para-hydroxylation sites is 2. The van der Waals surface area contributed by atoms with Gasteiger partial charge in [0.15, 0.2) is 0 Å². The van der Waals surface area contributed by atoms with E-state index < -0.39 is 0 Å². The monoisotopic (exact) mass is 277 g/mol. The van der Waals surface area contributed by atoms with E-state index in [4.69, 9.17) is 5.11 Å². The van der Waals surface area contributed by atoms with Crippen molar-refractivity contribution in [2.24, 2.45) is 0 Å². The summed E-state index contributed by atoms with van der Waals surface area (Å²) in [4.78, 5) is 17.1. The lowest BCUT2D eigenvalue weighted by atomic mass is 10.3. The number of rotatable bonds is 8. The van der Waals surface area contributed by atoms with Gasteiger partial charge in [-0.1, -0.05) is 19.1 Å². The van der Waals surface area contributed by atoms with Gasteiger partial charge in [0.2, 0.25) is 0 Å². The molecule has 0 spiro atoms. The van der Waals surface area contributed by atoms with Gasteiger partial charge < -0.3 is 15.0 Å². The minimum absolute atomic E-state index is 0.0374. The van der Waals surface area contributed by atoms with Gasteiger partial charge in [-0.15, -0.1) is 0 Å². The van der Waals surface area contributed by atoms with Crippen molar-refractivity contribution < 1.29 is 5.11 Å². The number of nitrogens with zero attached hydrogens (tertiary/aromatic N) is 2. The number of fused-ring (bicyclic) bond motifs is 1. The Hall–Kier alpha value is -1.59. The van der Waals surface area contributed by atoms with Crippen LogP contribution in [0, 0.1) is 0 Å². The number of benzene rings is 1. The minimum atomic E-state index is -0.0374. The van der Waals surface area contributed by atoms with Crippen molar-refractivity contribution in [3.05, 3.63) is 34.7 Å². The lowest BCUT2D eigenvalue weighted by Crippen LogP contribution is -2.28. The number of hydrogen-bond donors (Lipinski definition) is 2. The van der Waals surface area contributed by atoms with Gasteiger partial charge in [0.05, 0.1) is 11.0 Å². The van der Waals surface area contributed by atoms with Gasteiger partial charge in [-0.05, 0) is 38.1 Å². The Bertz CT molecular complexity index is 588. The van der Waals surface area contributed by atoms with Crippen LogP contribution < -0.4 is 5.69 Å². The second-order valence-corrected chi connectivity index (χ2v) is 4.96. The summed E-state index contributed by atoms with van der Waals surface area (Å²) < 4.78 is 1.80. The summed E-state index contributed by atoms with van der Waals surface area (Å²) in [5.41, 5.74) is 1.82. The van der Waals surface area contributed by atoms with Gasteiger partial charge in [0, 0.05) is 19.7 Å². The molecule has 20 heavy (non-hydrogen) atoms. The Morgan fingerprint density at radius 3 is 2.75 bits per heavy atom. The van der Waals surface area contributed by atoms with Crippen LogP contribution in [0.3, 0.4) is 0 Å². The lowest BCUT2D eigenvalue weighted by Gasteiger charge is -2.19. The normalized spacial score (nSPS) is 11.6. The van der Waals surface area contributed by atoms with Crippen LogP contribution in [0.1, 0.15) is 19.8 Å². The number of aryl methyl sites for hydroxylation is 1. The summed E-state index contributed by atoms with van der Waals surface area (Å²) in [5.74, 6) is 0. The maximum Gasteiger partial charge on any atom is 0.326 e. The molecular formula is C15H23N3O2. The molecule has 0 amide bonds. The van der Waals surface area contributed by atoms with Gasteiger partial charge in [-0.3, -0.25) is 4.57 Å². The molecule has 0 saturated carbocycles. The van der Waals surface area contributed by atoms with E-state index in [-0.39, 0.29) is 12.3 Å². The van der Waals surface area contributed by atoms with Crippen LogP contribution in [-0.4, -0.2) is 45.8 Å². The molecular weight excluding hydrogens is 254 g/mol. The molecule has 0 unspecified atom stereocenters. The third kappa shape index (κ3) is 3.49. The zero-order chi connectivity index (χ0) is 14.4. The van der Waals surface area contributed by atoms with Crippen molar-refractivity contribution >= 4 is 11.0 Å². The van der Waals surface area contributed by atoms with E-state index >= 15 is 0 Å². The van der Waals surface area contributed by atoms with Crippen LogP contribution >= 0.6 is 0 Å². The second-order valence-electron chi connectivity index (χ2n) is 4.96. The Balaban J connectivity index is 1.95. The van der Waals surface area contributed by atoms with Crippen LogP contribution in [0.15, 0.2) is 29.1 Å². The molecule has 0 saturated heterocycles. The third-order valence-electron chi connectivity index (χ3n) is 3.62. The van der Waals surface area contributed by atoms with E-state index in [1.807, 2.05) is 24.3 Å². The van der Waals surface area contributed by atoms with Gasteiger partial charge in [0.25, 0.3) is 0 Å². The molecule has 110 valence electrons. The van der Waals surface area contributed by atoms with E-state index in [0.29, 0.717) is 0 Å². The molecule has 1 heterocycles. The Kier molecular flexibility index (Phi) is 5.38. The van der Waals surface area contributed by atoms with E-state index in [1.54, 1.807) is 4.57 Å². The van der Waals surface area contributed by atoms with Crippen LogP contribution in [0.4, 0.5) is 0 Å². The van der Waals surface area contributed by atoms with Crippen molar-refractivity contribution in [3.8, 4) is 0 Å². The fourth-order valence-corrected chi connectivity index (χ4v) is 2.50. The average Bonchev–Trinajstić information content (AvgIpc) is 2.78. The quantitative estimate of drug-likeness (QED) is 0.767. The maximum atomic E-state index is 11.9. The summed E-state index contributed by atoms with van der Waals surface area (Å²) in [6.45, 7) is 5.91. The molecule has 0 aliphatic heterocycles. The highest BCUT2D eigenvalue weighted by Crippen LogP contribution is 2.09. The fraction of sp³-hybridized carbons (Fsp3) is 0.533. The van der Waals surface area contributed by atoms with Gasteiger partial charge >= 0.3 is 5.69 Å². The summed E-state index contributed by atoms with van der Waals surface area (Å²) in [6.07, 6.45) is 1.74. The zero-order valence-corrected chi connectivity index (χ0v) is 12.0. The predicted molar refractivity (Wildman–Crippen MR) is 81.0 cm³/mol. The first-order valence-electron chi connectivity index (χ1n) is 7.27. The average molecular weight is 277 g/mol.